The maximum Gasteiger partial charge on any atom is 0.316 e. The first-order chi connectivity index (χ1) is 6.67. The van der Waals surface area contributed by atoms with Crippen LogP contribution in [-0.4, -0.2) is 6.03 Å². The Labute approximate surface area is 82.9 Å². The molecule has 0 saturated carbocycles. The molecule has 0 heterocycles. The smallest absolute Gasteiger partial charge is 0.316 e. The Morgan fingerprint density at radius 3 is 2.43 bits per heavy atom. The summed E-state index contributed by atoms with van der Waals surface area (Å²) >= 11 is 0. The van der Waals surface area contributed by atoms with Crippen LogP contribution in [0, 0.1) is 0 Å². The summed E-state index contributed by atoms with van der Waals surface area (Å²) in [6.07, 6.45) is 3.42. The van der Waals surface area contributed by atoms with Gasteiger partial charge in [0.15, 0.2) is 0 Å². The van der Waals surface area contributed by atoms with E-state index in [0.717, 1.165) is 11.1 Å². The molecule has 0 radical (unpaired) electrons. The van der Waals surface area contributed by atoms with Crippen LogP contribution in [0.3, 0.4) is 0 Å². The van der Waals surface area contributed by atoms with Crippen LogP contribution >= 0.6 is 0 Å². The Kier molecular flexibility index (Phi) is 3.07. The van der Waals surface area contributed by atoms with E-state index in [2.05, 4.69) is 18.5 Å². The molecule has 1 rings (SSSR count). The second kappa shape index (κ2) is 4.28. The number of nitrogens with two attached hydrogens (primary N) is 1. The van der Waals surface area contributed by atoms with E-state index >= 15 is 0 Å². The van der Waals surface area contributed by atoms with E-state index < -0.39 is 6.03 Å². The van der Waals surface area contributed by atoms with Crippen molar-refractivity contribution in [1.29, 1.82) is 0 Å². The van der Waals surface area contributed by atoms with Crippen LogP contribution in [0.4, 0.5) is 10.5 Å². The fourth-order valence-electron chi connectivity index (χ4n) is 1.16. The van der Waals surface area contributed by atoms with E-state index in [1.165, 1.54) is 0 Å². The fourth-order valence-corrected chi connectivity index (χ4v) is 1.16. The van der Waals surface area contributed by atoms with Crippen molar-refractivity contribution >= 4 is 23.9 Å². The minimum Gasteiger partial charge on any atom is -0.351 e. The van der Waals surface area contributed by atoms with Crippen LogP contribution in [-0.2, 0) is 0 Å². The van der Waals surface area contributed by atoms with Crippen LogP contribution < -0.4 is 11.1 Å². The lowest BCUT2D eigenvalue weighted by Crippen LogP contribution is -2.19. The number of primary amides is 1. The summed E-state index contributed by atoms with van der Waals surface area (Å²) in [6, 6.07) is 4.81. The van der Waals surface area contributed by atoms with Gasteiger partial charge in [-0.05, 0) is 23.3 Å². The molecule has 0 atom stereocenters. The van der Waals surface area contributed by atoms with Crippen molar-refractivity contribution < 1.29 is 4.79 Å². The SMILES string of the molecule is C=Cc1ccc(NC(N)=O)cc1C=C. The Balaban J connectivity index is 3.07. The molecular weight excluding hydrogens is 176 g/mol. The summed E-state index contributed by atoms with van der Waals surface area (Å²) in [6.45, 7) is 7.34. The van der Waals surface area contributed by atoms with E-state index in [4.69, 9.17) is 5.73 Å². The molecule has 0 saturated heterocycles. The molecule has 0 bridgehead atoms. The quantitative estimate of drug-likeness (QED) is 0.752. The average molecular weight is 188 g/mol. The summed E-state index contributed by atoms with van der Waals surface area (Å²) in [5.74, 6) is 0. The lowest BCUT2D eigenvalue weighted by Gasteiger charge is -2.05. The fraction of sp³-hybridized carbons (Fsp3) is 0. The Morgan fingerprint density at radius 2 is 1.93 bits per heavy atom. The van der Waals surface area contributed by atoms with Crippen molar-refractivity contribution in [3.05, 3.63) is 42.5 Å². The van der Waals surface area contributed by atoms with Gasteiger partial charge in [-0.3, -0.25) is 0 Å². The van der Waals surface area contributed by atoms with Crippen LogP contribution in [0.25, 0.3) is 12.2 Å². The first kappa shape index (κ1) is 10.1. The molecule has 72 valence electrons. The number of rotatable bonds is 3. The lowest BCUT2D eigenvalue weighted by molar-refractivity contribution is 0.259. The zero-order valence-corrected chi connectivity index (χ0v) is 7.79. The van der Waals surface area contributed by atoms with Gasteiger partial charge in [0.05, 0.1) is 0 Å². The van der Waals surface area contributed by atoms with Gasteiger partial charge in [-0.2, -0.15) is 0 Å². The predicted molar refractivity (Wildman–Crippen MR) is 59.8 cm³/mol. The second-order valence-electron chi connectivity index (χ2n) is 2.74. The summed E-state index contributed by atoms with van der Waals surface area (Å²) < 4.78 is 0. The number of hydrogen-bond acceptors (Lipinski definition) is 1. The standard InChI is InChI=1S/C11H12N2O/c1-3-8-5-6-10(13-11(12)14)7-9(8)4-2/h3-7H,1-2H2,(H3,12,13,14). The second-order valence-corrected chi connectivity index (χ2v) is 2.74. The zero-order valence-electron chi connectivity index (χ0n) is 7.79. The third-order valence-electron chi connectivity index (χ3n) is 1.79. The Bertz CT molecular complexity index is 383. The molecule has 3 nitrogen and oxygen atoms in total. The molecule has 0 aliphatic rings. The number of carbonyl (C=O) groups is 1. The molecule has 0 spiro atoms. The lowest BCUT2D eigenvalue weighted by atomic mass is 10.1. The van der Waals surface area contributed by atoms with Crippen molar-refractivity contribution in [1.82, 2.24) is 0 Å². The van der Waals surface area contributed by atoms with Crippen molar-refractivity contribution in [2.24, 2.45) is 5.73 Å². The highest BCUT2D eigenvalue weighted by Gasteiger charge is 1.99. The topological polar surface area (TPSA) is 55.1 Å². The largest absolute Gasteiger partial charge is 0.351 e. The molecule has 1 aromatic carbocycles. The number of urea groups is 1. The van der Waals surface area contributed by atoms with Crippen molar-refractivity contribution in [2.45, 2.75) is 0 Å². The Morgan fingerprint density at radius 1 is 1.29 bits per heavy atom. The van der Waals surface area contributed by atoms with Gasteiger partial charge in [-0.1, -0.05) is 31.4 Å². The molecule has 14 heavy (non-hydrogen) atoms. The van der Waals surface area contributed by atoms with Crippen LogP contribution in [0.15, 0.2) is 31.4 Å². The summed E-state index contributed by atoms with van der Waals surface area (Å²) in [5.41, 5.74) is 7.52. The van der Waals surface area contributed by atoms with Gasteiger partial charge < -0.3 is 11.1 Å². The molecule has 0 aromatic heterocycles. The van der Waals surface area contributed by atoms with Gasteiger partial charge in [0.25, 0.3) is 0 Å². The zero-order chi connectivity index (χ0) is 10.6. The molecule has 0 aliphatic carbocycles. The molecule has 2 amide bonds. The molecule has 3 N–H and O–H groups in total. The van der Waals surface area contributed by atoms with Crippen molar-refractivity contribution in [3.63, 3.8) is 0 Å². The number of benzene rings is 1. The minimum atomic E-state index is -0.577. The van der Waals surface area contributed by atoms with Gasteiger partial charge in [0.2, 0.25) is 0 Å². The van der Waals surface area contributed by atoms with Crippen molar-refractivity contribution in [2.75, 3.05) is 5.32 Å². The number of anilines is 1. The maximum atomic E-state index is 10.6. The predicted octanol–water partition coefficient (Wildman–Crippen LogP) is 2.46. The third-order valence-corrected chi connectivity index (χ3v) is 1.79. The van der Waals surface area contributed by atoms with Crippen molar-refractivity contribution in [3.8, 4) is 0 Å². The minimum absolute atomic E-state index is 0.577. The Hall–Kier alpha value is -2.03. The summed E-state index contributed by atoms with van der Waals surface area (Å²) in [4.78, 5) is 10.6. The van der Waals surface area contributed by atoms with E-state index in [9.17, 15) is 4.79 Å². The van der Waals surface area contributed by atoms with Crippen LogP contribution in [0.2, 0.25) is 0 Å². The highest BCUT2D eigenvalue weighted by molar-refractivity contribution is 5.88. The molecule has 1 aromatic rings. The monoisotopic (exact) mass is 188 g/mol. The van der Waals surface area contributed by atoms with Gasteiger partial charge in [-0.25, -0.2) is 4.79 Å². The van der Waals surface area contributed by atoms with Crippen LogP contribution in [0.1, 0.15) is 11.1 Å². The summed E-state index contributed by atoms with van der Waals surface area (Å²) in [7, 11) is 0. The van der Waals surface area contributed by atoms with Gasteiger partial charge in [0, 0.05) is 5.69 Å². The number of hydrogen-bond donors (Lipinski definition) is 2. The molecule has 0 aliphatic heterocycles. The highest BCUT2D eigenvalue weighted by Crippen LogP contribution is 2.17. The van der Waals surface area contributed by atoms with E-state index in [-0.39, 0.29) is 0 Å². The van der Waals surface area contributed by atoms with E-state index in [1.54, 1.807) is 24.3 Å². The highest BCUT2D eigenvalue weighted by atomic mass is 16.2. The molecule has 0 fully saturated rings. The first-order valence-electron chi connectivity index (χ1n) is 4.12. The summed E-state index contributed by atoms with van der Waals surface area (Å²) in [5, 5.41) is 2.49. The van der Waals surface area contributed by atoms with Crippen LogP contribution in [0.5, 0.6) is 0 Å². The number of amides is 2. The first-order valence-corrected chi connectivity index (χ1v) is 4.12. The average Bonchev–Trinajstić information content (AvgIpc) is 2.16. The third kappa shape index (κ3) is 2.23. The molecule has 3 heteroatoms. The van der Waals surface area contributed by atoms with Gasteiger partial charge in [0.1, 0.15) is 0 Å². The van der Waals surface area contributed by atoms with Gasteiger partial charge in [-0.15, -0.1) is 0 Å². The number of nitrogens with one attached hydrogen (secondary N) is 1. The van der Waals surface area contributed by atoms with E-state index in [0.29, 0.717) is 5.69 Å². The number of carbonyl (C=O) groups excluding carboxylic acids is 1. The maximum absolute atomic E-state index is 10.6. The molecule has 0 unspecified atom stereocenters. The normalized spacial score (nSPS) is 9.14. The van der Waals surface area contributed by atoms with Gasteiger partial charge >= 0.3 is 6.03 Å². The van der Waals surface area contributed by atoms with E-state index in [1.807, 2.05) is 6.07 Å². The molecular formula is C11H12N2O.